The van der Waals surface area contributed by atoms with Crippen molar-refractivity contribution < 1.29 is 4.79 Å². The summed E-state index contributed by atoms with van der Waals surface area (Å²) in [6.45, 7) is 3.77. The van der Waals surface area contributed by atoms with Crippen molar-refractivity contribution in [2.45, 2.75) is 37.4 Å². The summed E-state index contributed by atoms with van der Waals surface area (Å²) in [5.74, 6) is 0.670. The number of aromatic nitrogens is 2. The maximum Gasteiger partial charge on any atom is 0.236 e. The zero-order valence-electron chi connectivity index (χ0n) is 16.9. The van der Waals surface area contributed by atoms with Crippen molar-refractivity contribution in [3.05, 3.63) is 71.6 Å². The van der Waals surface area contributed by atoms with E-state index in [0.29, 0.717) is 10.3 Å². The normalized spacial score (nSPS) is 13.7. The quantitative estimate of drug-likeness (QED) is 0.447. The molecule has 1 amide bonds. The monoisotopic (exact) mass is 438 g/mol. The first-order valence-electron chi connectivity index (χ1n) is 9.83. The molecule has 0 bridgehead atoms. The molecule has 0 unspecified atom stereocenters. The first kappa shape index (κ1) is 20.7. The summed E-state index contributed by atoms with van der Waals surface area (Å²) in [7, 11) is 0. The van der Waals surface area contributed by atoms with Gasteiger partial charge in [-0.05, 0) is 74.5 Å². The Morgan fingerprint density at radius 2 is 1.87 bits per heavy atom. The molecule has 0 aliphatic heterocycles. The minimum absolute atomic E-state index is 0.112. The topological polar surface area (TPSA) is 66.9 Å². The second-order valence-corrected chi connectivity index (χ2v) is 9.42. The molecule has 30 heavy (non-hydrogen) atoms. The number of hydrogen-bond donors (Lipinski definition) is 2. The van der Waals surface area contributed by atoms with Crippen LogP contribution < -0.4 is 10.0 Å². The molecule has 5 nitrogen and oxygen atoms in total. The highest BCUT2D eigenvalue weighted by atomic mass is 35.5. The average Bonchev–Trinajstić information content (AvgIpc) is 3.57. The minimum atomic E-state index is -0.780. The molecular formula is C23H23ClN4OS. The molecule has 0 spiro atoms. The number of nitrogens with zero attached hydrogens (tertiary/aromatic N) is 2. The van der Waals surface area contributed by atoms with Crippen LogP contribution in [0.5, 0.6) is 0 Å². The molecule has 3 aromatic rings. The Balaban J connectivity index is 1.45. The number of hydrogen-bond acceptors (Lipinski definition) is 5. The van der Waals surface area contributed by atoms with E-state index in [-0.39, 0.29) is 5.91 Å². The first-order valence-corrected chi connectivity index (χ1v) is 11.1. The largest absolute Gasteiger partial charge is 0.325 e. The van der Waals surface area contributed by atoms with E-state index < -0.39 is 5.41 Å². The fourth-order valence-electron chi connectivity index (χ4n) is 2.89. The predicted octanol–water partition coefficient (Wildman–Crippen LogP) is 5.94. The summed E-state index contributed by atoms with van der Waals surface area (Å²) in [5, 5.41) is 4.27. The highest BCUT2D eigenvalue weighted by Crippen LogP contribution is 2.34. The molecule has 2 aromatic heterocycles. The molecule has 7 heteroatoms. The molecule has 2 N–H and O–H groups in total. The maximum absolute atomic E-state index is 13.0. The van der Waals surface area contributed by atoms with Gasteiger partial charge in [-0.2, -0.15) is 0 Å². The lowest BCUT2D eigenvalue weighted by atomic mass is 9.87. The average molecular weight is 439 g/mol. The minimum Gasteiger partial charge on any atom is -0.325 e. The van der Waals surface area contributed by atoms with Gasteiger partial charge in [0.15, 0.2) is 0 Å². The van der Waals surface area contributed by atoms with Gasteiger partial charge in [0.25, 0.3) is 0 Å². The van der Waals surface area contributed by atoms with E-state index in [9.17, 15) is 4.79 Å². The highest BCUT2D eigenvalue weighted by Gasteiger charge is 2.32. The number of amides is 1. The smallest absolute Gasteiger partial charge is 0.236 e. The number of nitrogens with one attached hydrogen (secondary N) is 2. The number of anilines is 2. The molecule has 1 aromatic carbocycles. The van der Waals surface area contributed by atoms with E-state index in [2.05, 4.69) is 20.0 Å². The van der Waals surface area contributed by atoms with E-state index in [1.54, 1.807) is 24.3 Å². The number of carbonyl (C=O) groups is 1. The molecule has 1 aliphatic carbocycles. The third-order valence-corrected chi connectivity index (χ3v) is 6.33. The van der Waals surface area contributed by atoms with Crippen molar-refractivity contribution in [3.63, 3.8) is 0 Å². The van der Waals surface area contributed by atoms with Gasteiger partial charge in [0, 0.05) is 28.9 Å². The molecule has 2 heterocycles. The van der Waals surface area contributed by atoms with Crippen molar-refractivity contribution in [1.82, 2.24) is 9.97 Å². The number of halogens is 1. The van der Waals surface area contributed by atoms with E-state index in [1.165, 1.54) is 12.8 Å². The summed E-state index contributed by atoms with van der Waals surface area (Å²) >= 11 is 7.72. The highest BCUT2D eigenvalue weighted by molar-refractivity contribution is 8.01. The van der Waals surface area contributed by atoms with Gasteiger partial charge in [0.2, 0.25) is 5.91 Å². The van der Waals surface area contributed by atoms with Gasteiger partial charge in [0.1, 0.15) is 5.82 Å². The lowest BCUT2D eigenvalue weighted by Crippen LogP contribution is -2.35. The van der Waals surface area contributed by atoms with Gasteiger partial charge in [0.05, 0.1) is 16.1 Å². The van der Waals surface area contributed by atoms with Gasteiger partial charge in [-0.15, -0.1) is 0 Å². The van der Waals surface area contributed by atoms with Crippen LogP contribution in [0.3, 0.4) is 0 Å². The fourth-order valence-corrected chi connectivity index (χ4v) is 3.84. The molecular weight excluding hydrogens is 416 g/mol. The van der Waals surface area contributed by atoms with E-state index in [0.717, 1.165) is 28.3 Å². The zero-order valence-corrected chi connectivity index (χ0v) is 18.4. The van der Waals surface area contributed by atoms with Gasteiger partial charge in [-0.3, -0.25) is 9.78 Å². The fraction of sp³-hybridized carbons (Fsp3) is 0.261. The van der Waals surface area contributed by atoms with Crippen molar-refractivity contribution in [3.8, 4) is 11.1 Å². The lowest BCUT2D eigenvalue weighted by Gasteiger charge is -2.23. The number of rotatable bonds is 7. The molecule has 4 rings (SSSR count). The van der Waals surface area contributed by atoms with Crippen LogP contribution in [0.2, 0.25) is 5.02 Å². The van der Waals surface area contributed by atoms with Crippen LogP contribution in [0.4, 0.5) is 11.5 Å². The predicted molar refractivity (Wildman–Crippen MR) is 125 cm³/mol. The Labute approximate surface area is 185 Å². The summed E-state index contributed by atoms with van der Waals surface area (Å²) in [6, 6.07) is 15.2. The van der Waals surface area contributed by atoms with Gasteiger partial charge >= 0.3 is 0 Å². The SMILES string of the molecule is CC(C)(C(=O)Nc1ccc(-c2cncc(Cl)c2)cc1)c1cccc(NSC2CC2)n1. The summed E-state index contributed by atoms with van der Waals surface area (Å²) in [4.78, 5) is 21.8. The van der Waals surface area contributed by atoms with Crippen molar-refractivity contribution >= 4 is 41.0 Å². The summed E-state index contributed by atoms with van der Waals surface area (Å²) < 4.78 is 3.29. The molecule has 0 radical (unpaired) electrons. The Morgan fingerprint density at radius 1 is 1.10 bits per heavy atom. The first-order chi connectivity index (χ1) is 14.4. The Kier molecular flexibility index (Phi) is 5.97. The Morgan fingerprint density at radius 3 is 2.57 bits per heavy atom. The van der Waals surface area contributed by atoms with E-state index in [4.69, 9.17) is 11.6 Å². The van der Waals surface area contributed by atoms with Gasteiger partial charge in [-0.25, -0.2) is 4.98 Å². The Hall–Kier alpha value is -2.57. The second kappa shape index (κ2) is 8.66. The van der Waals surface area contributed by atoms with Crippen LogP contribution in [-0.2, 0) is 10.2 Å². The van der Waals surface area contributed by atoms with Crippen LogP contribution in [0.1, 0.15) is 32.4 Å². The maximum atomic E-state index is 13.0. The van der Waals surface area contributed by atoms with Crippen LogP contribution in [0.25, 0.3) is 11.1 Å². The third-order valence-electron chi connectivity index (χ3n) is 4.99. The van der Waals surface area contributed by atoms with Gasteiger partial charge < -0.3 is 10.0 Å². The molecule has 1 saturated carbocycles. The van der Waals surface area contributed by atoms with E-state index >= 15 is 0 Å². The number of pyridine rings is 2. The third kappa shape index (κ3) is 4.94. The lowest BCUT2D eigenvalue weighted by molar-refractivity contribution is -0.120. The molecule has 0 atom stereocenters. The van der Waals surface area contributed by atoms with Crippen LogP contribution in [0.15, 0.2) is 60.9 Å². The summed E-state index contributed by atoms with van der Waals surface area (Å²) in [5.41, 5.74) is 2.58. The van der Waals surface area contributed by atoms with Crippen molar-refractivity contribution in [1.29, 1.82) is 0 Å². The molecule has 0 saturated heterocycles. The number of benzene rings is 1. The standard InChI is InChI=1S/C23H23ClN4OS/c1-23(2,20-4-3-5-21(27-20)28-30-19-10-11-19)22(29)26-18-8-6-15(7-9-18)16-12-17(24)14-25-13-16/h3-9,12-14,19H,10-11H2,1-2H3,(H,26,29)(H,27,28). The summed E-state index contributed by atoms with van der Waals surface area (Å²) in [6.07, 6.45) is 5.86. The zero-order chi connectivity index (χ0) is 21.1. The molecule has 154 valence electrons. The molecule has 1 fully saturated rings. The van der Waals surface area contributed by atoms with Gasteiger partial charge in [-0.1, -0.05) is 29.8 Å². The number of carbonyl (C=O) groups excluding carboxylic acids is 1. The van der Waals surface area contributed by atoms with Crippen molar-refractivity contribution in [2.24, 2.45) is 0 Å². The molecule has 1 aliphatic rings. The van der Waals surface area contributed by atoms with Crippen LogP contribution in [-0.4, -0.2) is 21.1 Å². The second-order valence-electron chi connectivity index (χ2n) is 7.88. The van der Waals surface area contributed by atoms with E-state index in [1.807, 2.05) is 62.4 Å². The van der Waals surface area contributed by atoms with Crippen LogP contribution >= 0.6 is 23.5 Å². The Bertz CT molecular complexity index is 1050. The van der Waals surface area contributed by atoms with Crippen LogP contribution in [0, 0.1) is 0 Å². The van der Waals surface area contributed by atoms with Crippen molar-refractivity contribution in [2.75, 3.05) is 10.0 Å².